The Bertz CT molecular complexity index is 716. The van der Waals surface area contributed by atoms with Gasteiger partial charge in [0.1, 0.15) is 0 Å². The SMILES string of the molecule is OB(O)c1cncc(-c2nnc(-c3ccccc3)o2)c1. The Balaban J connectivity index is 1.96. The van der Waals surface area contributed by atoms with Crippen LogP contribution in [0.4, 0.5) is 0 Å². The van der Waals surface area contributed by atoms with Gasteiger partial charge in [0.05, 0.1) is 5.56 Å². The number of nitrogens with zero attached hydrogens (tertiary/aromatic N) is 3. The zero-order valence-electron chi connectivity index (χ0n) is 10.3. The van der Waals surface area contributed by atoms with Crippen LogP contribution in [0.1, 0.15) is 0 Å². The molecule has 0 amide bonds. The van der Waals surface area contributed by atoms with Gasteiger partial charge in [-0.05, 0) is 18.2 Å². The smallest absolute Gasteiger partial charge is 0.423 e. The van der Waals surface area contributed by atoms with Gasteiger partial charge in [-0.2, -0.15) is 0 Å². The Labute approximate surface area is 114 Å². The fourth-order valence-electron chi connectivity index (χ4n) is 1.75. The summed E-state index contributed by atoms with van der Waals surface area (Å²) in [6.07, 6.45) is 2.89. The van der Waals surface area contributed by atoms with Gasteiger partial charge in [-0.1, -0.05) is 18.2 Å². The number of benzene rings is 1. The summed E-state index contributed by atoms with van der Waals surface area (Å²) in [5.41, 5.74) is 1.62. The number of pyridine rings is 1. The minimum Gasteiger partial charge on any atom is -0.423 e. The molecule has 2 N–H and O–H groups in total. The molecule has 0 saturated heterocycles. The van der Waals surface area contributed by atoms with E-state index in [-0.39, 0.29) is 11.4 Å². The van der Waals surface area contributed by atoms with E-state index in [1.165, 1.54) is 12.4 Å². The maximum Gasteiger partial charge on any atom is 0.490 e. The van der Waals surface area contributed by atoms with Crippen molar-refractivity contribution in [3.8, 4) is 22.9 Å². The van der Waals surface area contributed by atoms with E-state index in [0.29, 0.717) is 11.5 Å². The Hall–Kier alpha value is -2.51. The van der Waals surface area contributed by atoms with Crippen molar-refractivity contribution in [3.63, 3.8) is 0 Å². The number of aromatic nitrogens is 3. The van der Waals surface area contributed by atoms with E-state index >= 15 is 0 Å². The summed E-state index contributed by atoms with van der Waals surface area (Å²) in [6.45, 7) is 0. The largest absolute Gasteiger partial charge is 0.490 e. The van der Waals surface area contributed by atoms with Crippen LogP contribution in [-0.4, -0.2) is 32.3 Å². The van der Waals surface area contributed by atoms with Gasteiger partial charge in [0.15, 0.2) is 0 Å². The highest BCUT2D eigenvalue weighted by atomic mass is 16.4. The molecule has 0 bridgehead atoms. The standard InChI is InChI=1S/C13H10BN3O3/c18-14(19)11-6-10(7-15-8-11)13-17-16-12(20-13)9-4-2-1-3-5-9/h1-8,18-19H. The van der Waals surface area contributed by atoms with Gasteiger partial charge < -0.3 is 14.5 Å². The van der Waals surface area contributed by atoms with Gasteiger partial charge in [0.25, 0.3) is 0 Å². The molecule has 20 heavy (non-hydrogen) atoms. The van der Waals surface area contributed by atoms with Crippen molar-refractivity contribution in [3.05, 3.63) is 48.8 Å². The molecule has 0 aliphatic carbocycles. The molecule has 6 nitrogen and oxygen atoms in total. The molecule has 0 aliphatic rings. The van der Waals surface area contributed by atoms with E-state index < -0.39 is 7.12 Å². The molecule has 0 saturated carbocycles. The lowest BCUT2D eigenvalue weighted by atomic mass is 9.81. The third-order valence-corrected chi connectivity index (χ3v) is 2.75. The molecule has 7 heteroatoms. The molecule has 2 heterocycles. The monoisotopic (exact) mass is 267 g/mol. The van der Waals surface area contributed by atoms with Gasteiger partial charge in [-0.25, -0.2) is 0 Å². The Morgan fingerprint density at radius 1 is 0.900 bits per heavy atom. The second-order valence-electron chi connectivity index (χ2n) is 4.16. The highest BCUT2D eigenvalue weighted by molar-refractivity contribution is 6.58. The molecule has 3 rings (SSSR count). The van der Waals surface area contributed by atoms with Crippen molar-refractivity contribution >= 4 is 12.6 Å². The Morgan fingerprint density at radius 2 is 1.60 bits per heavy atom. The van der Waals surface area contributed by atoms with E-state index in [2.05, 4.69) is 15.2 Å². The first-order valence-electron chi connectivity index (χ1n) is 5.94. The molecule has 0 radical (unpaired) electrons. The van der Waals surface area contributed by atoms with Crippen molar-refractivity contribution in [2.24, 2.45) is 0 Å². The van der Waals surface area contributed by atoms with Gasteiger partial charge in [0.2, 0.25) is 11.8 Å². The molecule has 0 unspecified atom stereocenters. The highest BCUT2D eigenvalue weighted by Gasteiger charge is 2.15. The van der Waals surface area contributed by atoms with Crippen LogP contribution in [-0.2, 0) is 0 Å². The van der Waals surface area contributed by atoms with Gasteiger partial charge in [-0.3, -0.25) is 4.98 Å². The molecular weight excluding hydrogens is 257 g/mol. The maximum atomic E-state index is 9.13. The molecule has 0 spiro atoms. The first kappa shape index (κ1) is 12.5. The Morgan fingerprint density at radius 3 is 2.30 bits per heavy atom. The molecule has 0 fully saturated rings. The van der Waals surface area contributed by atoms with Gasteiger partial charge in [-0.15, -0.1) is 10.2 Å². The molecule has 3 aromatic rings. The van der Waals surface area contributed by atoms with Crippen molar-refractivity contribution < 1.29 is 14.5 Å². The third-order valence-electron chi connectivity index (χ3n) is 2.75. The molecular formula is C13H10BN3O3. The molecule has 1 aromatic carbocycles. The summed E-state index contributed by atoms with van der Waals surface area (Å²) >= 11 is 0. The lowest BCUT2D eigenvalue weighted by Crippen LogP contribution is -2.30. The van der Waals surface area contributed by atoms with Crippen molar-refractivity contribution in [1.29, 1.82) is 0 Å². The van der Waals surface area contributed by atoms with Crippen molar-refractivity contribution in [2.45, 2.75) is 0 Å². The number of hydrogen-bond acceptors (Lipinski definition) is 6. The minimum atomic E-state index is -1.58. The predicted molar refractivity (Wildman–Crippen MR) is 72.8 cm³/mol. The van der Waals surface area contributed by atoms with Gasteiger partial charge >= 0.3 is 7.12 Å². The fourth-order valence-corrected chi connectivity index (χ4v) is 1.75. The first-order valence-corrected chi connectivity index (χ1v) is 5.94. The average Bonchev–Trinajstić information content (AvgIpc) is 2.98. The fraction of sp³-hybridized carbons (Fsp3) is 0. The zero-order valence-corrected chi connectivity index (χ0v) is 10.3. The minimum absolute atomic E-state index is 0.266. The van der Waals surface area contributed by atoms with Crippen LogP contribution in [0.5, 0.6) is 0 Å². The highest BCUT2D eigenvalue weighted by Crippen LogP contribution is 2.22. The summed E-state index contributed by atoms with van der Waals surface area (Å²) in [5, 5.41) is 26.2. The number of rotatable bonds is 3. The van der Waals surface area contributed by atoms with Crippen LogP contribution >= 0.6 is 0 Å². The summed E-state index contributed by atoms with van der Waals surface area (Å²) in [6, 6.07) is 10.9. The van der Waals surface area contributed by atoms with Gasteiger partial charge in [0, 0.05) is 23.4 Å². The summed E-state index contributed by atoms with van der Waals surface area (Å²) < 4.78 is 5.56. The van der Waals surface area contributed by atoms with Crippen LogP contribution in [0.25, 0.3) is 22.9 Å². The second-order valence-corrected chi connectivity index (χ2v) is 4.16. The van der Waals surface area contributed by atoms with Crippen LogP contribution in [0, 0.1) is 0 Å². The summed E-state index contributed by atoms with van der Waals surface area (Å²) in [4.78, 5) is 3.92. The second kappa shape index (κ2) is 5.24. The van der Waals surface area contributed by atoms with E-state index in [0.717, 1.165) is 5.56 Å². The first-order chi connectivity index (χ1) is 9.74. The van der Waals surface area contributed by atoms with E-state index in [1.807, 2.05) is 30.3 Å². The van der Waals surface area contributed by atoms with E-state index in [9.17, 15) is 0 Å². The summed E-state index contributed by atoms with van der Waals surface area (Å²) in [5.74, 6) is 0.675. The molecule has 2 aromatic heterocycles. The van der Waals surface area contributed by atoms with Crippen LogP contribution in [0.15, 0.2) is 53.2 Å². The van der Waals surface area contributed by atoms with Crippen LogP contribution in [0.2, 0.25) is 0 Å². The third kappa shape index (κ3) is 2.44. The normalized spacial score (nSPS) is 10.5. The molecule has 0 aliphatic heterocycles. The van der Waals surface area contributed by atoms with Crippen LogP contribution < -0.4 is 5.46 Å². The van der Waals surface area contributed by atoms with Crippen molar-refractivity contribution in [1.82, 2.24) is 15.2 Å². The van der Waals surface area contributed by atoms with E-state index in [1.54, 1.807) is 6.07 Å². The maximum absolute atomic E-state index is 9.13. The topological polar surface area (TPSA) is 92.3 Å². The lowest BCUT2D eigenvalue weighted by Gasteiger charge is -1.99. The predicted octanol–water partition coefficient (Wildman–Crippen LogP) is 0.478. The van der Waals surface area contributed by atoms with Crippen molar-refractivity contribution in [2.75, 3.05) is 0 Å². The van der Waals surface area contributed by atoms with Crippen LogP contribution in [0.3, 0.4) is 0 Å². The zero-order chi connectivity index (χ0) is 13.9. The lowest BCUT2D eigenvalue weighted by molar-refractivity contribution is 0.425. The average molecular weight is 267 g/mol. The summed E-state index contributed by atoms with van der Waals surface area (Å²) in [7, 11) is -1.58. The molecule has 0 atom stereocenters. The molecule has 98 valence electrons. The quantitative estimate of drug-likeness (QED) is 0.670. The number of hydrogen-bond donors (Lipinski definition) is 2. The Kier molecular flexibility index (Phi) is 3.28. The van der Waals surface area contributed by atoms with E-state index in [4.69, 9.17) is 14.5 Å².